The van der Waals surface area contributed by atoms with Gasteiger partial charge in [-0.25, -0.2) is 9.78 Å². The summed E-state index contributed by atoms with van der Waals surface area (Å²) < 4.78 is 0. The van der Waals surface area contributed by atoms with Gasteiger partial charge in [-0.1, -0.05) is 50.1 Å². The van der Waals surface area contributed by atoms with Gasteiger partial charge in [0, 0.05) is 43.9 Å². The minimum Gasteiger partial charge on any atom is -0.481 e. The minimum atomic E-state index is -0.764. The molecule has 2 heterocycles. The van der Waals surface area contributed by atoms with Gasteiger partial charge >= 0.3 is 12.0 Å². The van der Waals surface area contributed by atoms with Gasteiger partial charge < -0.3 is 25.6 Å². The van der Waals surface area contributed by atoms with E-state index >= 15 is 0 Å². The largest absolute Gasteiger partial charge is 0.481 e. The quantitative estimate of drug-likeness (QED) is 0.390. The molecular weight excluding hydrogens is 470 g/mol. The molecule has 9 heteroatoms. The molecule has 1 saturated carbocycles. The fourth-order valence-corrected chi connectivity index (χ4v) is 6.20. The average Bonchev–Trinajstić information content (AvgIpc) is 3.63. The average molecular weight is 510 g/mol. The van der Waals surface area contributed by atoms with Gasteiger partial charge in [0.25, 0.3) is 0 Å². The molecule has 1 aliphatic carbocycles. The van der Waals surface area contributed by atoms with Gasteiger partial charge in [0.2, 0.25) is 5.91 Å². The summed E-state index contributed by atoms with van der Waals surface area (Å²) in [6, 6.07) is 8.34. The van der Waals surface area contributed by atoms with Crippen LogP contribution in [0, 0.1) is 11.3 Å². The van der Waals surface area contributed by atoms with Gasteiger partial charge in [-0.2, -0.15) is 0 Å². The highest BCUT2D eigenvalue weighted by molar-refractivity contribution is 5.88. The van der Waals surface area contributed by atoms with Crippen LogP contribution in [0.4, 0.5) is 4.79 Å². The fourth-order valence-electron chi connectivity index (χ4n) is 6.20. The van der Waals surface area contributed by atoms with Crippen LogP contribution in [0.3, 0.4) is 0 Å². The highest BCUT2D eigenvalue weighted by Crippen LogP contribution is 2.49. The standard InChI is InChI=1S/C28H39N5O4/c1-2-23-17-28(26(35)36,21-10-6-7-11-21)13-15-33(23)25(34)24(16-20-8-4-3-5-9-20)32-27(37)30-14-12-22-18-29-19-31-22/h3-5,8-9,18-19,21,23-24H,2,6-7,10-17H2,1H3,(H,29,31)(H,35,36)(H2,30,32,37). The highest BCUT2D eigenvalue weighted by Gasteiger charge is 2.52. The van der Waals surface area contributed by atoms with E-state index in [2.05, 4.69) is 20.6 Å². The summed E-state index contributed by atoms with van der Waals surface area (Å²) in [6.07, 6.45) is 9.97. The zero-order valence-electron chi connectivity index (χ0n) is 21.6. The molecule has 2 fully saturated rings. The topological polar surface area (TPSA) is 127 Å². The Bertz CT molecular complexity index is 1040. The van der Waals surface area contributed by atoms with E-state index in [1.807, 2.05) is 42.2 Å². The normalized spacial score (nSPS) is 22.9. The number of carbonyl (C=O) groups is 3. The molecule has 200 valence electrons. The number of carbonyl (C=O) groups excluding carboxylic acids is 2. The van der Waals surface area contributed by atoms with E-state index in [0.29, 0.717) is 45.2 Å². The lowest BCUT2D eigenvalue weighted by Crippen LogP contribution is -2.59. The molecule has 0 spiro atoms. The van der Waals surface area contributed by atoms with Crippen LogP contribution >= 0.6 is 0 Å². The smallest absolute Gasteiger partial charge is 0.315 e. The lowest BCUT2D eigenvalue weighted by molar-refractivity contribution is -0.162. The van der Waals surface area contributed by atoms with Crippen molar-refractivity contribution >= 4 is 17.9 Å². The van der Waals surface area contributed by atoms with E-state index in [9.17, 15) is 19.5 Å². The van der Waals surface area contributed by atoms with Crippen molar-refractivity contribution in [2.24, 2.45) is 11.3 Å². The number of benzene rings is 1. The second-order valence-electron chi connectivity index (χ2n) is 10.5. The minimum absolute atomic E-state index is 0.148. The number of urea groups is 1. The molecule has 3 amide bonds. The summed E-state index contributed by atoms with van der Waals surface area (Å²) in [5.41, 5.74) is 1.11. The maximum atomic E-state index is 13.9. The van der Waals surface area contributed by atoms with Gasteiger partial charge in [-0.05, 0) is 43.6 Å². The molecule has 2 aliphatic rings. The third-order valence-electron chi connectivity index (χ3n) is 8.28. The Hall–Kier alpha value is -3.36. The second kappa shape index (κ2) is 12.3. The summed E-state index contributed by atoms with van der Waals surface area (Å²) in [6.45, 7) is 2.82. The number of hydrogen-bond acceptors (Lipinski definition) is 4. The second-order valence-corrected chi connectivity index (χ2v) is 10.5. The Morgan fingerprint density at radius 2 is 1.97 bits per heavy atom. The maximum Gasteiger partial charge on any atom is 0.315 e. The Labute approximate surface area is 218 Å². The first-order valence-electron chi connectivity index (χ1n) is 13.5. The molecule has 0 radical (unpaired) electrons. The van der Waals surface area contributed by atoms with Gasteiger partial charge in [0.15, 0.2) is 0 Å². The van der Waals surface area contributed by atoms with Crippen LogP contribution in [0.5, 0.6) is 0 Å². The number of imidazole rings is 1. The van der Waals surface area contributed by atoms with Gasteiger partial charge in [0.05, 0.1) is 11.7 Å². The van der Waals surface area contributed by atoms with Crippen molar-refractivity contribution in [2.45, 2.75) is 76.8 Å². The van der Waals surface area contributed by atoms with E-state index in [4.69, 9.17) is 0 Å². The molecule has 1 aromatic heterocycles. The first-order chi connectivity index (χ1) is 17.9. The van der Waals surface area contributed by atoms with Crippen molar-refractivity contribution in [3.8, 4) is 0 Å². The molecule has 3 unspecified atom stereocenters. The van der Waals surface area contributed by atoms with Gasteiger partial charge in [-0.3, -0.25) is 9.59 Å². The van der Waals surface area contributed by atoms with Crippen LogP contribution in [0.25, 0.3) is 0 Å². The summed E-state index contributed by atoms with van der Waals surface area (Å²) >= 11 is 0. The lowest BCUT2D eigenvalue weighted by Gasteiger charge is -2.48. The molecule has 0 bridgehead atoms. The number of nitrogens with zero attached hydrogens (tertiary/aromatic N) is 2. The van der Waals surface area contributed by atoms with Crippen LogP contribution < -0.4 is 10.6 Å². The monoisotopic (exact) mass is 509 g/mol. The number of carboxylic acids is 1. The molecule has 1 aliphatic heterocycles. The predicted molar refractivity (Wildman–Crippen MR) is 140 cm³/mol. The number of hydrogen-bond donors (Lipinski definition) is 4. The Kier molecular flexibility index (Phi) is 8.84. The van der Waals surface area contributed by atoms with Gasteiger partial charge in [-0.15, -0.1) is 0 Å². The van der Waals surface area contributed by atoms with E-state index in [1.165, 1.54) is 0 Å². The SMILES string of the molecule is CCC1CC(C(=O)O)(C2CCCC2)CCN1C(=O)C(Cc1ccccc1)NC(=O)NCCc1cnc[nH]1. The van der Waals surface area contributed by atoms with Crippen molar-refractivity contribution in [3.63, 3.8) is 0 Å². The number of nitrogens with one attached hydrogen (secondary N) is 3. The van der Waals surface area contributed by atoms with E-state index in [1.54, 1.807) is 12.5 Å². The first kappa shape index (κ1) is 26.7. The molecule has 1 aromatic carbocycles. The number of piperidine rings is 1. The first-order valence-corrected chi connectivity index (χ1v) is 13.5. The number of aliphatic carboxylic acids is 1. The highest BCUT2D eigenvalue weighted by atomic mass is 16.4. The van der Waals surface area contributed by atoms with Gasteiger partial charge in [0.1, 0.15) is 6.04 Å². The van der Waals surface area contributed by atoms with Crippen molar-refractivity contribution in [2.75, 3.05) is 13.1 Å². The molecule has 4 rings (SSSR count). The van der Waals surface area contributed by atoms with E-state index < -0.39 is 23.5 Å². The summed E-state index contributed by atoms with van der Waals surface area (Å²) in [5.74, 6) is -0.694. The summed E-state index contributed by atoms with van der Waals surface area (Å²) in [4.78, 5) is 48.0. The fraction of sp³-hybridized carbons (Fsp3) is 0.571. The number of amides is 3. The number of likely N-dealkylation sites (tertiary alicyclic amines) is 1. The van der Waals surface area contributed by atoms with E-state index in [-0.39, 0.29) is 17.9 Å². The lowest BCUT2D eigenvalue weighted by atomic mass is 9.65. The zero-order valence-corrected chi connectivity index (χ0v) is 21.6. The van der Waals surface area contributed by atoms with Crippen LogP contribution in [-0.4, -0.2) is 63.1 Å². The van der Waals surface area contributed by atoms with Crippen LogP contribution in [0.1, 0.15) is 63.1 Å². The van der Waals surface area contributed by atoms with Crippen molar-refractivity contribution in [3.05, 3.63) is 54.1 Å². The van der Waals surface area contributed by atoms with E-state index in [0.717, 1.165) is 36.9 Å². The molecule has 37 heavy (non-hydrogen) atoms. The number of aromatic nitrogens is 2. The Morgan fingerprint density at radius 3 is 2.62 bits per heavy atom. The number of rotatable bonds is 10. The maximum absolute atomic E-state index is 13.9. The molecular formula is C28H39N5O4. The van der Waals surface area contributed by atoms with Crippen molar-refractivity contribution in [1.82, 2.24) is 25.5 Å². The molecule has 1 saturated heterocycles. The van der Waals surface area contributed by atoms with Crippen LogP contribution in [-0.2, 0) is 22.4 Å². The Morgan fingerprint density at radius 1 is 1.22 bits per heavy atom. The summed E-state index contributed by atoms with van der Waals surface area (Å²) in [7, 11) is 0. The molecule has 9 nitrogen and oxygen atoms in total. The van der Waals surface area contributed by atoms with Crippen LogP contribution in [0.15, 0.2) is 42.9 Å². The van der Waals surface area contributed by atoms with Crippen molar-refractivity contribution in [1.29, 1.82) is 0 Å². The number of H-pyrrole nitrogens is 1. The third kappa shape index (κ3) is 6.32. The number of carboxylic acid groups (broad SMARTS) is 1. The molecule has 4 N–H and O–H groups in total. The number of aromatic amines is 1. The zero-order chi connectivity index (χ0) is 26.3. The predicted octanol–water partition coefficient (Wildman–Crippen LogP) is 3.52. The third-order valence-corrected chi connectivity index (χ3v) is 8.28. The van der Waals surface area contributed by atoms with Crippen molar-refractivity contribution < 1.29 is 19.5 Å². The summed E-state index contributed by atoms with van der Waals surface area (Å²) in [5, 5.41) is 16.0. The van der Waals surface area contributed by atoms with Crippen LogP contribution in [0.2, 0.25) is 0 Å². The molecule has 2 aromatic rings. The Balaban J connectivity index is 1.46. The molecule has 3 atom stereocenters.